The van der Waals surface area contributed by atoms with Crippen LogP contribution in [0.2, 0.25) is 5.15 Å². The van der Waals surface area contributed by atoms with Gasteiger partial charge in [-0.15, -0.1) is 10.2 Å². The van der Waals surface area contributed by atoms with Gasteiger partial charge in [0.2, 0.25) is 0 Å². The minimum Gasteiger partial charge on any atom is -0.264 e. The van der Waals surface area contributed by atoms with Gasteiger partial charge in [0.1, 0.15) is 0 Å². The highest BCUT2D eigenvalue weighted by atomic mass is 35.5. The summed E-state index contributed by atoms with van der Waals surface area (Å²) in [7, 11) is 0. The van der Waals surface area contributed by atoms with Crippen LogP contribution in [0.25, 0.3) is 22.0 Å². The van der Waals surface area contributed by atoms with Crippen molar-refractivity contribution in [3.05, 3.63) is 53.9 Å². The number of aromatic nitrogens is 3. The largest absolute Gasteiger partial charge is 0.264 e. The molecule has 3 rings (SSSR count). The van der Waals surface area contributed by atoms with Gasteiger partial charge >= 0.3 is 0 Å². The van der Waals surface area contributed by atoms with Crippen molar-refractivity contribution in [2.75, 3.05) is 0 Å². The van der Waals surface area contributed by atoms with E-state index in [9.17, 15) is 0 Å². The van der Waals surface area contributed by atoms with Gasteiger partial charge in [-0.1, -0.05) is 29.8 Å². The van der Waals surface area contributed by atoms with Crippen molar-refractivity contribution in [2.24, 2.45) is 0 Å². The van der Waals surface area contributed by atoms with Crippen LogP contribution in [-0.2, 0) is 0 Å². The maximum Gasteiger partial charge on any atom is 0.151 e. The first-order valence-corrected chi connectivity index (χ1v) is 5.55. The van der Waals surface area contributed by atoms with E-state index >= 15 is 0 Å². The molecule has 0 aliphatic heterocycles. The van der Waals surface area contributed by atoms with E-state index in [1.165, 1.54) is 0 Å². The summed E-state index contributed by atoms with van der Waals surface area (Å²) in [6.07, 6.45) is 3.61. The molecule has 0 saturated carbocycles. The number of fused-ring (bicyclic) bond motifs is 1. The third kappa shape index (κ3) is 1.85. The third-order valence-corrected chi connectivity index (χ3v) is 2.79. The van der Waals surface area contributed by atoms with Crippen molar-refractivity contribution >= 4 is 22.4 Å². The van der Waals surface area contributed by atoms with Crippen LogP contribution in [-0.4, -0.2) is 15.2 Å². The van der Waals surface area contributed by atoms with Gasteiger partial charge in [-0.3, -0.25) is 4.98 Å². The number of halogens is 1. The van der Waals surface area contributed by atoms with Gasteiger partial charge in [0, 0.05) is 23.3 Å². The molecule has 2 aromatic heterocycles. The van der Waals surface area contributed by atoms with Gasteiger partial charge in [0.05, 0.1) is 5.69 Å². The van der Waals surface area contributed by atoms with Crippen LogP contribution < -0.4 is 0 Å². The summed E-state index contributed by atoms with van der Waals surface area (Å²) in [6, 6.07) is 11.6. The van der Waals surface area contributed by atoms with Gasteiger partial charge in [-0.25, -0.2) is 0 Å². The topological polar surface area (TPSA) is 38.7 Å². The van der Waals surface area contributed by atoms with E-state index < -0.39 is 0 Å². The molecular weight excluding hydrogens is 234 g/mol. The Labute approximate surface area is 103 Å². The summed E-state index contributed by atoms with van der Waals surface area (Å²) in [6.45, 7) is 0. The molecule has 0 atom stereocenters. The number of rotatable bonds is 1. The zero-order chi connectivity index (χ0) is 11.7. The first kappa shape index (κ1) is 10.2. The fourth-order valence-corrected chi connectivity index (χ4v) is 1.90. The molecule has 0 unspecified atom stereocenters. The van der Waals surface area contributed by atoms with Crippen LogP contribution >= 0.6 is 11.6 Å². The number of hydrogen-bond acceptors (Lipinski definition) is 3. The summed E-state index contributed by atoms with van der Waals surface area (Å²) in [4.78, 5) is 4.14. The highest BCUT2D eigenvalue weighted by Crippen LogP contribution is 2.26. The molecule has 0 amide bonds. The number of hydrogen-bond donors (Lipinski definition) is 0. The second-order valence-corrected chi connectivity index (χ2v) is 4.03. The molecule has 0 N–H and O–H groups in total. The van der Waals surface area contributed by atoms with Crippen molar-refractivity contribution in [3.8, 4) is 11.3 Å². The maximum atomic E-state index is 5.73. The first-order valence-electron chi connectivity index (χ1n) is 5.17. The van der Waals surface area contributed by atoms with Gasteiger partial charge in [0.25, 0.3) is 0 Å². The van der Waals surface area contributed by atoms with Gasteiger partial charge < -0.3 is 0 Å². The first-order chi connectivity index (χ1) is 8.34. The zero-order valence-electron chi connectivity index (χ0n) is 8.84. The summed E-state index contributed by atoms with van der Waals surface area (Å²) in [5, 5.41) is 10.5. The smallest absolute Gasteiger partial charge is 0.151 e. The molecule has 0 radical (unpaired) electrons. The molecule has 82 valence electrons. The second-order valence-electron chi connectivity index (χ2n) is 3.64. The maximum absolute atomic E-state index is 5.73. The predicted molar refractivity (Wildman–Crippen MR) is 67.8 cm³/mol. The van der Waals surface area contributed by atoms with E-state index in [4.69, 9.17) is 11.6 Å². The molecule has 0 fully saturated rings. The Kier molecular flexibility index (Phi) is 2.46. The Balaban J connectivity index is 2.27. The van der Waals surface area contributed by atoms with Crippen molar-refractivity contribution < 1.29 is 0 Å². The van der Waals surface area contributed by atoms with Crippen LogP contribution in [0.5, 0.6) is 0 Å². The number of nitrogens with zero attached hydrogens (tertiary/aromatic N) is 3. The molecule has 2 heterocycles. The second kappa shape index (κ2) is 4.11. The molecular formula is C13H8ClN3. The van der Waals surface area contributed by atoms with Gasteiger partial charge in [-0.2, -0.15) is 0 Å². The molecule has 3 nitrogen and oxygen atoms in total. The normalized spacial score (nSPS) is 10.6. The molecule has 0 bridgehead atoms. The number of benzene rings is 1. The Hall–Kier alpha value is -2.00. The Morgan fingerprint density at radius 1 is 0.941 bits per heavy atom. The Bertz CT molecular complexity index is 660. The Morgan fingerprint density at radius 3 is 2.71 bits per heavy atom. The molecule has 0 saturated heterocycles. The zero-order valence-corrected chi connectivity index (χ0v) is 9.59. The summed E-state index contributed by atoms with van der Waals surface area (Å²) < 4.78 is 0. The van der Waals surface area contributed by atoms with Crippen LogP contribution in [0.3, 0.4) is 0 Å². The van der Waals surface area contributed by atoms with Crippen molar-refractivity contribution in [3.63, 3.8) is 0 Å². The molecule has 3 aromatic rings. The van der Waals surface area contributed by atoms with Crippen LogP contribution in [0.4, 0.5) is 0 Å². The molecule has 1 aromatic carbocycles. The fourth-order valence-electron chi connectivity index (χ4n) is 1.80. The lowest BCUT2D eigenvalue weighted by Gasteiger charge is -2.04. The van der Waals surface area contributed by atoms with Gasteiger partial charge in [0.15, 0.2) is 5.15 Å². The average Bonchev–Trinajstić information content (AvgIpc) is 2.39. The molecule has 0 aliphatic carbocycles. The van der Waals surface area contributed by atoms with Crippen molar-refractivity contribution in [1.82, 2.24) is 15.2 Å². The lowest BCUT2D eigenvalue weighted by atomic mass is 10.0. The van der Waals surface area contributed by atoms with Gasteiger partial charge in [-0.05, 0) is 23.6 Å². The standard InChI is InChI=1S/C13H8ClN3/c14-13-5-4-12(16-17-13)10-3-1-2-9-6-7-15-8-11(9)10/h1-8H. The minimum absolute atomic E-state index is 0.395. The molecule has 0 aliphatic rings. The van der Waals surface area contributed by atoms with Crippen LogP contribution in [0.15, 0.2) is 48.8 Å². The minimum atomic E-state index is 0.395. The summed E-state index contributed by atoms with van der Waals surface area (Å²) in [5.74, 6) is 0. The highest BCUT2D eigenvalue weighted by Gasteiger charge is 2.05. The quantitative estimate of drug-likeness (QED) is 0.656. The monoisotopic (exact) mass is 241 g/mol. The van der Waals surface area contributed by atoms with E-state index in [0.717, 1.165) is 22.0 Å². The highest BCUT2D eigenvalue weighted by molar-refractivity contribution is 6.29. The van der Waals surface area contributed by atoms with E-state index in [-0.39, 0.29) is 0 Å². The van der Waals surface area contributed by atoms with E-state index in [2.05, 4.69) is 15.2 Å². The molecule has 0 spiro atoms. The van der Waals surface area contributed by atoms with E-state index in [0.29, 0.717) is 5.15 Å². The lowest BCUT2D eigenvalue weighted by Crippen LogP contribution is -1.88. The average molecular weight is 242 g/mol. The predicted octanol–water partition coefficient (Wildman–Crippen LogP) is 3.35. The van der Waals surface area contributed by atoms with Crippen LogP contribution in [0.1, 0.15) is 0 Å². The van der Waals surface area contributed by atoms with Crippen molar-refractivity contribution in [2.45, 2.75) is 0 Å². The van der Waals surface area contributed by atoms with Crippen molar-refractivity contribution in [1.29, 1.82) is 0 Å². The third-order valence-electron chi connectivity index (χ3n) is 2.59. The van der Waals surface area contributed by atoms with Crippen LogP contribution in [0, 0.1) is 0 Å². The summed E-state index contributed by atoms with van der Waals surface area (Å²) in [5.41, 5.74) is 1.81. The Morgan fingerprint density at radius 2 is 1.88 bits per heavy atom. The molecule has 17 heavy (non-hydrogen) atoms. The lowest BCUT2D eigenvalue weighted by molar-refractivity contribution is 1.04. The SMILES string of the molecule is Clc1ccc(-c2cccc3ccncc23)nn1. The molecule has 4 heteroatoms. The fraction of sp³-hybridized carbons (Fsp3) is 0. The number of pyridine rings is 1. The van der Waals surface area contributed by atoms with E-state index in [1.807, 2.05) is 36.5 Å². The van der Waals surface area contributed by atoms with E-state index in [1.54, 1.807) is 12.3 Å². The summed E-state index contributed by atoms with van der Waals surface area (Å²) >= 11 is 5.73.